The first kappa shape index (κ1) is 19.8. The van der Waals surface area contributed by atoms with Gasteiger partial charge in [0.1, 0.15) is 17.4 Å². The Morgan fingerprint density at radius 1 is 1.21 bits per heavy atom. The van der Waals surface area contributed by atoms with Crippen molar-refractivity contribution in [2.45, 2.75) is 56.5 Å². The number of hydrogen-bond acceptors (Lipinski definition) is 5. The largest absolute Gasteiger partial charge is 0.467 e. The van der Waals surface area contributed by atoms with Crippen LogP contribution >= 0.6 is 11.8 Å². The molecule has 29 heavy (non-hydrogen) atoms. The van der Waals surface area contributed by atoms with Crippen molar-refractivity contribution in [3.05, 3.63) is 40.8 Å². The van der Waals surface area contributed by atoms with Gasteiger partial charge >= 0.3 is 0 Å². The van der Waals surface area contributed by atoms with Crippen LogP contribution in [0.15, 0.2) is 27.8 Å². The number of amides is 1. The number of nitrogens with one attached hydrogen (secondary N) is 2. The Kier molecular flexibility index (Phi) is 6.40. The minimum atomic E-state index is -0.0686. The lowest BCUT2D eigenvalue weighted by atomic mass is 9.89. The number of carbonyl (C=O) groups excluding carboxylic acids is 1. The number of furan rings is 1. The summed E-state index contributed by atoms with van der Waals surface area (Å²) in [6, 6.07) is 6.06. The molecule has 0 saturated carbocycles. The van der Waals surface area contributed by atoms with Gasteiger partial charge in [-0.15, -0.1) is 0 Å². The number of carbonyl (C=O) groups is 1. The molecule has 3 heterocycles. The minimum Gasteiger partial charge on any atom is -0.467 e. The number of H-pyrrole nitrogens is 1. The molecule has 6 nitrogen and oxygen atoms in total. The maximum Gasteiger partial charge on any atom is 0.278 e. The Labute approximate surface area is 175 Å². The van der Waals surface area contributed by atoms with Gasteiger partial charge in [0.2, 0.25) is 5.91 Å². The van der Waals surface area contributed by atoms with E-state index in [2.05, 4.69) is 21.3 Å². The summed E-state index contributed by atoms with van der Waals surface area (Å²) in [4.78, 5) is 18.3. The Hall–Kier alpha value is -2.46. The molecule has 2 N–H and O–H groups in total. The lowest BCUT2D eigenvalue weighted by Gasteiger charge is -2.26. The molecule has 0 atom stereocenters. The number of piperidine rings is 1. The molecule has 152 valence electrons. The van der Waals surface area contributed by atoms with Gasteiger partial charge in [0, 0.05) is 5.56 Å². The monoisotopic (exact) mass is 411 g/mol. The van der Waals surface area contributed by atoms with Crippen molar-refractivity contribution in [2.24, 2.45) is 0 Å². The molecule has 0 aromatic carbocycles. The van der Waals surface area contributed by atoms with Crippen LogP contribution in [0.5, 0.6) is 0 Å². The lowest BCUT2D eigenvalue weighted by Crippen LogP contribution is -2.37. The second-order valence-corrected chi connectivity index (χ2v) is 8.63. The van der Waals surface area contributed by atoms with Gasteiger partial charge in [-0.05, 0) is 62.6 Å². The molecule has 4 rings (SSSR count). The zero-order chi connectivity index (χ0) is 20.1. The normalized spacial score (nSPS) is 16.2. The van der Waals surface area contributed by atoms with E-state index in [1.54, 1.807) is 12.3 Å². The predicted octanol–water partition coefficient (Wildman–Crippen LogP) is 3.24. The van der Waals surface area contributed by atoms with Crippen molar-refractivity contribution in [2.75, 3.05) is 23.7 Å². The summed E-state index contributed by atoms with van der Waals surface area (Å²) >= 11 is 1.42. The van der Waals surface area contributed by atoms with E-state index in [-0.39, 0.29) is 11.7 Å². The molecule has 1 fully saturated rings. The standard InChI is InChI=1S/C22H26N4O2S/c23-13-19-17-8-2-3-9-18(17)21(26-10-4-1-5-11-26)25-22(19)29-15-20(27)24-14-16-7-6-12-28-16/h6-7,12H,1-5,8-11,14-15H2,(H,24,27)/p+1. The Balaban J connectivity index is 1.53. The van der Waals surface area contributed by atoms with Crippen LogP contribution in [0.3, 0.4) is 0 Å². The smallest absolute Gasteiger partial charge is 0.278 e. The van der Waals surface area contributed by atoms with E-state index in [9.17, 15) is 10.1 Å². The molecule has 0 spiro atoms. The number of thioether (sulfide) groups is 1. The number of aromatic amines is 1. The average molecular weight is 412 g/mol. The van der Waals surface area contributed by atoms with E-state index >= 15 is 0 Å². The zero-order valence-corrected chi connectivity index (χ0v) is 17.4. The highest BCUT2D eigenvalue weighted by molar-refractivity contribution is 7.99. The summed E-state index contributed by atoms with van der Waals surface area (Å²) in [5.74, 6) is 2.11. The first-order chi connectivity index (χ1) is 14.3. The summed E-state index contributed by atoms with van der Waals surface area (Å²) in [5, 5.41) is 13.6. The van der Waals surface area contributed by atoms with Crippen LogP contribution < -0.4 is 15.2 Å². The third-order valence-corrected chi connectivity index (χ3v) is 6.69. The number of pyridine rings is 1. The first-order valence-electron chi connectivity index (χ1n) is 10.4. The summed E-state index contributed by atoms with van der Waals surface area (Å²) < 4.78 is 5.25. The van der Waals surface area contributed by atoms with Crippen molar-refractivity contribution in [1.82, 2.24) is 5.32 Å². The summed E-state index contributed by atoms with van der Waals surface area (Å²) in [7, 11) is 0. The van der Waals surface area contributed by atoms with Crippen molar-refractivity contribution < 1.29 is 14.2 Å². The highest BCUT2D eigenvalue weighted by Gasteiger charge is 2.30. The van der Waals surface area contributed by atoms with Gasteiger partial charge < -0.3 is 9.73 Å². The van der Waals surface area contributed by atoms with Gasteiger partial charge in [-0.1, -0.05) is 11.8 Å². The van der Waals surface area contributed by atoms with Crippen LogP contribution in [0.2, 0.25) is 0 Å². The molecular weight excluding hydrogens is 384 g/mol. The van der Waals surface area contributed by atoms with E-state index < -0.39 is 0 Å². The third-order valence-electron chi connectivity index (χ3n) is 5.69. The van der Waals surface area contributed by atoms with E-state index in [1.165, 1.54) is 54.4 Å². The molecule has 1 saturated heterocycles. The summed E-state index contributed by atoms with van der Waals surface area (Å²) in [6.45, 7) is 2.50. The SMILES string of the molecule is N#Cc1c(SCC(=O)NCc2ccco2)[nH+]c(N2CCCCC2)c2c1CCCC2. The van der Waals surface area contributed by atoms with E-state index in [4.69, 9.17) is 4.42 Å². The van der Waals surface area contributed by atoms with Crippen LogP contribution in [-0.4, -0.2) is 24.7 Å². The third kappa shape index (κ3) is 4.59. The Morgan fingerprint density at radius 3 is 2.72 bits per heavy atom. The average Bonchev–Trinajstić information content (AvgIpc) is 3.29. The van der Waals surface area contributed by atoms with Gasteiger partial charge in [-0.25, -0.2) is 4.98 Å². The lowest BCUT2D eigenvalue weighted by molar-refractivity contribution is -0.414. The summed E-state index contributed by atoms with van der Waals surface area (Å²) in [6.07, 6.45) is 9.58. The quantitative estimate of drug-likeness (QED) is 0.738. The highest BCUT2D eigenvalue weighted by atomic mass is 32.2. The molecule has 7 heteroatoms. The fourth-order valence-corrected chi connectivity index (χ4v) is 5.09. The molecule has 0 bridgehead atoms. The molecule has 2 aliphatic rings. The summed E-state index contributed by atoms with van der Waals surface area (Å²) in [5.41, 5.74) is 3.24. The second-order valence-electron chi connectivity index (χ2n) is 7.65. The number of anilines is 1. The maximum absolute atomic E-state index is 12.3. The van der Waals surface area contributed by atoms with Gasteiger partial charge in [-0.2, -0.15) is 5.26 Å². The molecule has 0 unspecified atom stereocenters. The van der Waals surface area contributed by atoms with Crippen molar-refractivity contribution in [3.63, 3.8) is 0 Å². The van der Waals surface area contributed by atoms with Crippen LogP contribution in [-0.2, 0) is 24.2 Å². The molecule has 2 aromatic heterocycles. The zero-order valence-electron chi connectivity index (χ0n) is 16.6. The van der Waals surface area contributed by atoms with E-state index in [0.29, 0.717) is 6.54 Å². The van der Waals surface area contributed by atoms with Gasteiger partial charge in [0.15, 0.2) is 5.03 Å². The van der Waals surface area contributed by atoms with Crippen LogP contribution in [0, 0.1) is 11.3 Å². The van der Waals surface area contributed by atoms with Crippen molar-refractivity contribution in [3.8, 4) is 6.07 Å². The van der Waals surface area contributed by atoms with Crippen LogP contribution in [0.1, 0.15) is 54.6 Å². The number of aromatic nitrogens is 1. The first-order valence-corrected chi connectivity index (χ1v) is 11.4. The predicted molar refractivity (Wildman–Crippen MR) is 112 cm³/mol. The van der Waals surface area contributed by atoms with Gasteiger partial charge in [-0.3, -0.25) is 9.69 Å². The molecule has 1 amide bonds. The molecule has 1 aliphatic heterocycles. The van der Waals surface area contributed by atoms with Gasteiger partial charge in [0.05, 0.1) is 31.7 Å². The molecule has 0 radical (unpaired) electrons. The van der Waals surface area contributed by atoms with Gasteiger partial charge in [0.25, 0.3) is 5.82 Å². The number of rotatable bonds is 6. The molecular formula is C22H27N4O2S+. The van der Waals surface area contributed by atoms with Crippen LogP contribution in [0.4, 0.5) is 5.82 Å². The minimum absolute atomic E-state index is 0.0686. The van der Waals surface area contributed by atoms with Crippen molar-refractivity contribution in [1.29, 1.82) is 5.26 Å². The Morgan fingerprint density at radius 2 is 2.00 bits per heavy atom. The second kappa shape index (κ2) is 9.36. The number of nitrogens with zero attached hydrogens (tertiary/aromatic N) is 2. The van der Waals surface area contributed by atoms with E-state index in [0.717, 1.165) is 48.7 Å². The fraction of sp³-hybridized carbons (Fsp3) is 0.500. The Bertz CT molecular complexity index is 899. The van der Waals surface area contributed by atoms with Crippen LogP contribution in [0.25, 0.3) is 0 Å². The maximum atomic E-state index is 12.3. The number of hydrogen-bond donors (Lipinski definition) is 1. The molecule has 2 aromatic rings. The number of nitriles is 1. The highest BCUT2D eigenvalue weighted by Crippen LogP contribution is 2.34. The number of fused-ring (bicyclic) bond motifs is 1. The topological polar surface area (TPSA) is 83.4 Å². The van der Waals surface area contributed by atoms with E-state index in [1.807, 2.05) is 6.07 Å². The van der Waals surface area contributed by atoms with Crippen molar-refractivity contribution >= 4 is 23.5 Å². The fourth-order valence-electron chi connectivity index (χ4n) is 4.23. The molecule has 1 aliphatic carbocycles.